The third kappa shape index (κ3) is 3.63. The van der Waals surface area contributed by atoms with Crippen molar-refractivity contribution in [1.82, 2.24) is 0 Å². The quantitative estimate of drug-likeness (QED) is 0.841. The summed E-state index contributed by atoms with van der Waals surface area (Å²) in [6, 6.07) is 13.5. The summed E-state index contributed by atoms with van der Waals surface area (Å²) in [6.45, 7) is 0.574. The Hall–Kier alpha value is -1.22. The van der Waals surface area contributed by atoms with Gasteiger partial charge in [0.05, 0.1) is 10.7 Å². The molecule has 19 heavy (non-hydrogen) atoms. The molecular formula is C15H16Cl2N2. The molecule has 0 bridgehead atoms. The summed E-state index contributed by atoms with van der Waals surface area (Å²) in [7, 11) is 0. The smallest absolute Gasteiger partial charge is 0.0635 e. The van der Waals surface area contributed by atoms with Gasteiger partial charge in [0.2, 0.25) is 0 Å². The molecule has 0 aliphatic rings. The van der Waals surface area contributed by atoms with Crippen molar-refractivity contribution >= 4 is 28.9 Å². The minimum absolute atomic E-state index is 0.248. The molecule has 0 aliphatic carbocycles. The molecule has 4 heteroatoms. The fourth-order valence-electron chi connectivity index (χ4n) is 2.08. The number of rotatable bonds is 4. The number of halogens is 2. The lowest BCUT2D eigenvalue weighted by Gasteiger charge is -2.16. The van der Waals surface area contributed by atoms with Crippen LogP contribution in [0.15, 0.2) is 42.5 Å². The van der Waals surface area contributed by atoms with E-state index in [0.29, 0.717) is 17.3 Å². The molecule has 2 nitrogen and oxygen atoms in total. The molecule has 0 saturated carbocycles. The van der Waals surface area contributed by atoms with Crippen LogP contribution in [0.3, 0.4) is 0 Å². The molecule has 2 aromatic rings. The summed E-state index contributed by atoms with van der Waals surface area (Å²) in [5.74, 6) is 0.248. The van der Waals surface area contributed by atoms with Gasteiger partial charge >= 0.3 is 0 Å². The fourth-order valence-corrected chi connectivity index (χ4v) is 2.32. The molecule has 100 valence electrons. The van der Waals surface area contributed by atoms with Crippen LogP contribution >= 0.6 is 23.2 Å². The molecule has 2 rings (SSSR count). The minimum Gasteiger partial charge on any atom is -0.398 e. The number of benzene rings is 2. The molecule has 0 radical (unpaired) electrons. The monoisotopic (exact) mass is 294 g/mol. The van der Waals surface area contributed by atoms with E-state index in [0.717, 1.165) is 17.0 Å². The number of nitrogen functional groups attached to an aromatic ring is 1. The van der Waals surface area contributed by atoms with E-state index in [1.54, 1.807) is 0 Å². The summed E-state index contributed by atoms with van der Waals surface area (Å²) in [5.41, 5.74) is 14.6. The standard InChI is InChI=1S/C15H16Cl2N2/c16-13-4-2-11(3-5-13)12(9-18)7-10-1-6-14(17)15(19)8-10/h1-6,8,12H,7,9,18-19H2. The SMILES string of the molecule is NCC(Cc1ccc(Cl)c(N)c1)c1ccc(Cl)cc1. The van der Waals surface area contributed by atoms with Crippen molar-refractivity contribution in [3.8, 4) is 0 Å². The van der Waals surface area contributed by atoms with Crippen molar-refractivity contribution in [3.63, 3.8) is 0 Å². The first kappa shape index (κ1) is 14.2. The Balaban J connectivity index is 2.18. The molecule has 0 aromatic heterocycles. The Labute approximate surface area is 123 Å². The molecule has 0 amide bonds. The van der Waals surface area contributed by atoms with Gasteiger partial charge in [-0.3, -0.25) is 0 Å². The van der Waals surface area contributed by atoms with Crippen molar-refractivity contribution in [1.29, 1.82) is 0 Å². The van der Waals surface area contributed by atoms with Gasteiger partial charge in [0.15, 0.2) is 0 Å². The van der Waals surface area contributed by atoms with E-state index in [2.05, 4.69) is 0 Å². The molecule has 2 aromatic carbocycles. The molecule has 1 unspecified atom stereocenters. The average molecular weight is 295 g/mol. The van der Waals surface area contributed by atoms with Crippen LogP contribution < -0.4 is 11.5 Å². The third-order valence-electron chi connectivity index (χ3n) is 3.17. The van der Waals surface area contributed by atoms with Crippen molar-refractivity contribution in [3.05, 3.63) is 63.6 Å². The van der Waals surface area contributed by atoms with E-state index >= 15 is 0 Å². The molecule has 4 N–H and O–H groups in total. The van der Waals surface area contributed by atoms with Crippen molar-refractivity contribution in [2.75, 3.05) is 12.3 Å². The predicted octanol–water partition coefficient (Wildman–Crippen LogP) is 3.86. The molecule has 0 spiro atoms. The van der Waals surface area contributed by atoms with E-state index < -0.39 is 0 Å². The zero-order valence-electron chi connectivity index (χ0n) is 10.4. The summed E-state index contributed by atoms with van der Waals surface area (Å²) >= 11 is 11.8. The molecular weight excluding hydrogens is 279 g/mol. The van der Waals surface area contributed by atoms with Crippen molar-refractivity contribution < 1.29 is 0 Å². The van der Waals surface area contributed by atoms with Gasteiger partial charge in [0, 0.05) is 10.9 Å². The van der Waals surface area contributed by atoms with Crippen LogP contribution in [0.5, 0.6) is 0 Å². The van der Waals surface area contributed by atoms with E-state index in [4.69, 9.17) is 34.7 Å². The van der Waals surface area contributed by atoms with Gasteiger partial charge in [-0.15, -0.1) is 0 Å². The Bertz CT molecular complexity index is 553. The molecule has 1 atom stereocenters. The predicted molar refractivity (Wildman–Crippen MR) is 82.8 cm³/mol. The maximum atomic E-state index is 5.92. The van der Waals surface area contributed by atoms with Gasteiger partial charge < -0.3 is 11.5 Å². The highest BCUT2D eigenvalue weighted by molar-refractivity contribution is 6.33. The second-order valence-electron chi connectivity index (χ2n) is 4.54. The van der Waals surface area contributed by atoms with Gasteiger partial charge in [0.25, 0.3) is 0 Å². The van der Waals surface area contributed by atoms with Crippen LogP contribution in [0, 0.1) is 0 Å². The molecule has 0 aliphatic heterocycles. The van der Waals surface area contributed by atoms with E-state index in [1.165, 1.54) is 5.56 Å². The summed E-state index contributed by atoms with van der Waals surface area (Å²) in [5, 5.41) is 1.31. The first-order chi connectivity index (χ1) is 9.10. The zero-order chi connectivity index (χ0) is 13.8. The van der Waals surface area contributed by atoms with E-state index in [-0.39, 0.29) is 5.92 Å². The number of nitrogens with two attached hydrogens (primary N) is 2. The summed E-state index contributed by atoms with van der Waals surface area (Å²) in [4.78, 5) is 0. The number of hydrogen-bond acceptors (Lipinski definition) is 2. The van der Waals surface area contributed by atoms with E-state index in [1.807, 2.05) is 42.5 Å². The van der Waals surface area contributed by atoms with Crippen LogP contribution in [-0.2, 0) is 6.42 Å². The Morgan fingerprint density at radius 2 is 1.68 bits per heavy atom. The van der Waals surface area contributed by atoms with Crippen LogP contribution in [0.4, 0.5) is 5.69 Å². The molecule has 0 heterocycles. The van der Waals surface area contributed by atoms with Crippen LogP contribution in [-0.4, -0.2) is 6.54 Å². The highest BCUT2D eigenvalue weighted by atomic mass is 35.5. The van der Waals surface area contributed by atoms with Crippen molar-refractivity contribution in [2.24, 2.45) is 5.73 Å². The van der Waals surface area contributed by atoms with Gasteiger partial charge in [-0.25, -0.2) is 0 Å². The highest BCUT2D eigenvalue weighted by Crippen LogP contribution is 2.25. The number of anilines is 1. The lowest BCUT2D eigenvalue weighted by atomic mass is 9.92. The highest BCUT2D eigenvalue weighted by Gasteiger charge is 2.11. The Kier molecular flexibility index (Phi) is 4.70. The first-order valence-corrected chi connectivity index (χ1v) is 6.85. The Morgan fingerprint density at radius 1 is 1.00 bits per heavy atom. The van der Waals surface area contributed by atoms with Gasteiger partial charge in [-0.1, -0.05) is 41.4 Å². The first-order valence-electron chi connectivity index (χ1n) is 6.09. The number of hydrogen-bond donors (Lipinski definition) is 2. The summed E-state index contributed by atoms with van der Waals surface area (Å²) < 4.78 is 0. The van der Waals surface area contributed by atoms with Gasteiger partial charge in [0.1, 0.15) is 0 Å². The average Bonchev–Trinajstić information content (AvgIpc) is 2.41. The van der Waals surface area contributed by atoms with E-state index in [9.17, 15) is 0 Å². The minimum atomic E-state index is 0.248. The lowest BCUT2D eigenvalue weighted by Crippen LogP contribution is -2.15. The van der Waals surface area contributed by atoms with Gasteiger partial charge in [-0.2, -0.15) is 0 Å². The summed E-state index contributed by atoms with van der Waals surface area (Å²) in [6.07, 6.45) is 0.833. The topological polar surface area (TPSA) is 52.0 Å². The fraction of sp³-hybridized carbons (Fsp3) is 0.200. The zero-order valence-corrected chi connectivity index (χ0v) is 12.0. The maximum Gasteiger partial charge on any atom is 0.0635 e. The second kappa shape index (κ2) is 6.29. The van der Waals surface area contributed by atoms with Crippen molar-refractivity contribution in [2.45, 2.75) is 12.3 Å². The van der Waals surface area contributed by atoms with Gasteiger partial charge in [-0.05, 0) is 48.4 Å². The normalized spacial score (nSPS) is 12.4. The molecule has 0 fully saturated rings. The van der Waals surface area contributed by atoms with Crippen LogP contribution in [0.2, 0.25) is 10.0 Å². The maximum absolute atomic E-state index is 5.92. The molecule has 0 saturated heterocycles. The third-order valence-corrected chi connectivity index (χ3v) is 3.76. The largest absolute Gasteiger partial charge is 0.398 e. The van der Waals surface area contributed by atoms with Crippen LogP contribution in [0.1, 0.15) is 17.0 Å². The Morgan fingerprint density at radius 3 is 2.26 bits per heavy atom. The lowest BCUT2D eigenvalue weighted by molar-refractivity contribution is 0.694. The van der Waals surface area contributed by atoms with Crippen LogP contribution in [0.25, 0.3) is 0 Å². The second-order valence-corrected chi connectivity index (χ2v) is 5.39.